The third-order valence-electron chi connectivity index (χ3n) is 13.5. The van der Waals surface area contributed by atoms with Gasteiger partial charge in [-0.25, -0.2) is 9.55 Å². The molecule has 4 heteroatoms. The lowest BCUT2D eigenvalue weighted by atomic mass is 9.67. The van der Waals surface area contributed by atoms with Gasteiger partial charge in [-0.3, -0.25) is 4.57 Å². The number of pyridine rings is 1. The average molecular weight is 804 g/mol. The minimum absolute atomic E-state index is 0.320. The van der Waals surface area contributed by atoms with Crippen LogP contribution in [-0.4, -0.2) is 14.1 Å². The molecule has 10 aromatic rings. The summed E-state index contributed by atoms with van der Waals surface area (Å²) in [5.74, 6) is 1.69. The largest absolute Gasteiger partial charge is 0.294 e. The van der Waals surface area contributed by atoms with Gasteiger partial charge in [0.25, 0.3) is 0 Å². The number of hydrogen-bond donors (Lipinski definition) is 0. The third kappa shape index (κ3) is 5.59. The van der Waals surface area contributed by atoms with E-state index >= 15 is 0 Å². The van der Waals surface area contributed by atoms with Crippen LogP contribution in [0.4, 0.5) is 0 Å². The molecule has 4 nitrogen and oxygen atoms in total. The number of benzene rings is 7. The molecule has 0 fully saturated rings. The van der Waals surface area contributed by atoms with E-state index in [4.69, 9.17) is 4.98 Å². The molecule has 0 atom stereocenters. The maximum atomic E-state index is 5.17. The normalized spacial score (nSPS) is 13.2. The minimum atomic E-state index is -0.604. The Hall–Kier alpha value is -7.04. The molecular weight excluding hydrogens is 753 g/mol. The van der Waals surface area contributed by atoms with Gasteiger partial charge in [-0.1, -0.05) is 149 Å². The molecule has 7 aromatic carbocycles. The van der Waals surface area contributed by atoms with Gasteiger partial charge >= 0.3 is 0 Å². The summed E-state index contributed by atoms with van der Waals surface area (Å²) in [6.45, 7) is 13.7. The smallest absolute Gasteiger partial charge is 0.250 e. The van der Waals surface area contributed by atoms with Crippen molar-refractivity contribution in [2.24, 2.45) is 0 Å². The second-order valence-corrected chi connectivity index (χ2v) is 18.0. The van der Waals surface area contributed by atoms with E-state index < -0.39 is 5.41 Å². The van der Waals surface area contributed by atoms with Crippen LogP contribution in [0.25, 0.3) is 66.6 Å². The van der Waals surface area contributed by atoms with Crippen molar-refractivity contribution in [3.63, 3.8) is 0 Å². The zero-order valence-electron chi connectivity index (χ0n) is 36.3. The van der Waals surface area contributed by atoms with Crippen LogP contribution in [0.3, 0.4) is 0 Å². The summed E-state index contributed by atoms with van der Waals surface area (Å²) in [7, 11) is 0. The SMILES string of the molecule is CC(C)c1cccc(C(C)C)c1-c1ccnc(-n2c3ccccc3c3ccc(C4(c5cccc(-n6c[n+](C(C)C)c7ccccc76)c5)c5ccccc5-c5ccccc54)cc32)c1. The van der Waals surface area contributed by atoms with Crippen LogP contribution in [0.5, 0.6) is 0 Å². The first kappa shape index (κ1) is 37.9. The Labute approximate surface area is 364 Å². The predicted octanol–water partition coefficient (Wildman–Crippen LogP) is 14.3. The van der Waals surface area contributed by atoms with Crippen molar-refractivity contribution in [3.05, 3.63) is 216 Å². The summed E-state index contributed by atoms with van der Waals surface area (Å²) in [5.41, 5.74) is 18.1. The molecule has 0 saturated carbocycles. The Morgan fingerprint density at radius 1 is 0.516 bits per heavy atom. The number of hydrogen-bond acceptors (Lipinski definition) is 1. The van der Waals surface area contributed by atoms with Crippen molar-refractivity contribution < 1.29 is 4.57 Å². The summed E-state index contributed by atoms with van der Waals surface area (Å²) in [6.07, 6.45) is 4.27. The van der Waals surface area contributed by atoms with Crippen LogP contribution in [-0.2, 0) is 5.41 Å². The Kier molecular flexibility index (Phi) is 8.90. The quantitative estimate of drug-likeness (QED) is 0.141. The molecule has 62 heavy (non-hydrogen) atoms. The van der Waals surface area contributed by atoms with Gasteiger partial charge in [-0.2, -0.15) is 4.57 Å². The van der Waals surface area contributed by atoms with E-state index in [9.17, 15) is 0 Å². The fourth-order valence-corrected chi connectivity index (χ4v) is 10.7. The molecule has 11 rings (SSSR count). The highest BCUT2D eigenvalue weighted by atomic mass is 15.1. The van der Waals surface area contributed by atoms with Crippen molar-refractivity contribution >= 4 is 32.8 Å². The monoisotopic (exact) mass is 803 g/mol. The van der Waals surface area contributed by atoms with Gasteiger partial charge in [0.2, 0.25) is 6.33 Å². The minimum Gasteiger partial charge on any atom is -0.294 e. The summed E-state index contributed by atoms with van der Waals surface area (Å²) in [5, 5.41) is 2.43. The van der Waals surface area contributed by atoms with Gasteiger partial charge in [0.15, 0.2) is 11.0 Å². The Morgan fingerprint density at radius 2 is 1.13 bits per heavy atom. The first-order valence-corrected chi connectivity index (χ1v) is 22.2. The first-order chi connectivity index (χ1) is 30.3. The Balaban J connectivity index is 1.19. The molecular formula is C58H51N4+. The second-order valence-electron chi connectivity index (χ2n) is 18.0. The van der Waals surface area contributed by atoms with Gasteiger partial charge in [0, 0.05) is 17.0 Å². The molecule has 3 aromatic heterocycles. The van der Waals surface area contributed by atoms with Crippen LogP contribution in [0.1, 0.15) is 92.8 Å². The third-order valence-corrected chi connectivity index (χ3v) is 13.5. The van der Waals surface area contributed by atoms with E-state index in [-0.39, 0.29) is 0 Å². The highest BCUT2D eigenvalue weighted by molar-refractivity contribution is 6.09. The molecule has 0 bridgehead atoms. The summed E-state index contributed by atoms with van der Waals surface area (Å²) >= 11 is 0. The zero-order chi connectivity index (χ0) is 42.3. The van der Waals surface area contributed by atoms with E-state index in [0.29, 0.717) is 17.9 Å². The van der Waals surface area contributed by atoms with Crippen molar-refractivity contribution in [3.8, 4) is 33.8 Å². The summed E-state index contributed by atoms with van der Waals surface area (Å²) in [4.78, 5) is 5.17. The van der Waals surface area contributed by atoms with Crippen molar-refractivity contribution in [1.82, 2.24) is 14.1 Å². The van der Waals surface area contributed by atoms with Gasteiger partial charge in [0.05, 0.1) is 22.5 Å². The highest BCUT2D eigenvalue weighted by Crippen LogP contribution is 2.57. The van der Waals surface area contributed by atoms with Gasteiger partial charge in [0.1, 0.15) is 11.5 Å². The molecule has 0 amide bonds. The van der Waals surface area contributed by atoms with Crippen molar-refractivity contribution in [2.75, 3.05) is 0 Å². The number of imidazole rings is 1. The van der Waals surface area contributed by atoms with Gasteiger partial charge in [-0.05, 0) is 130 Å². The van der Waals surface area contributed by atoms with Crippen LogP contribution in [0.2, 0.25) is 0 Å². The molecule has 0 radical (unpaired) electrons. The van der Waals surface area contributed by atoms with Crippen LogP contribution < -0.4 is 4.57 Å². The maximum Gasteiger partial charge on any atom is 0.250 e. The maximum absolute atomic E-state index is 5.17. The fourth-order valence-electron chi connectivity index (χ4n) is 10.7. The second kappa shape index (κ2) is 14.6. The number of fused-ring (bicyclic) bond motifs is 7. The summed E-state index contributed by atoms with van der Waals surface area (Å²) < 4.78 is 7.14. The molecule has 0 aliphatic heterocycles. The predicted molar refractivity (Wildman–Crippen MR) is 257 cm³/mol. The van der Waals surface area contributed by atoms with Crippen LogP contribution in [0.15, 0.2) is 182 Å². The van der Waals surface area contributed by atoms with Crippen LogP contribution >= 0.6 is 0 Å². The van der Waals surface area contributed by atoms with E-state index in [0.717, 1.165) is 22.5 Å². The van der Waals surface area contributed by atoms with Gasteiger partial charge in [-0.15, -0.1) is 0 Å². The molecule has 0 spiro atoms. The standard InChI is InChI=1S/C58H51N4/c1-37(2)44-22-16-23-45(38(3)4)57(44)40-31-32-59-56(33-40)62-52-26-12-9-21-48(52)49-30-29-42(35-55(49)62)58(50-24-10-7-19-46(50)47-20-8-11-25-51(47)58)41-17-15-18-43(34-41)61-36-60(39(5)6)53-27-13-14-28-54(53)61/h7-39H,1-6H3/q+1. The number of aromatic nitrogens is 4. The van der Waals surface area contributed by atoms with E-state index in [1.165, 1.54) is 77.4 Å². The first-order valence-electron chi connectivity index (χ1n) is 22.2. The summed E-state index contributed by atoms with van der Waals surface area (Å²) in [6, 6.07) is 63.8. The molecule has 0 unspecified atom stereocenters. The fraction of sp³-hybridized carbons (Fsp3) is 0.172. The van der Waals surface area contributed by atoms with Gasteiger partial charge < -0.3 is 0 Å². The molecule has 0 N–H and O–H groups in total. The average Bonchev–Trinajstić information content (AvgIpc) is 3.96. The van der Waals surface area contributed by atoms with E-state index in [1.54, 1.807) is 0 Å². The molecule has 1 aliphatic carbocycles. The number of para-hydroxylation sites is 3. The number of rotatable bonds is 8. The topological polar surface area (TPSA) is 26.6 Å². The molecule has 3 heterocycles. The van der Waals surface area contributed by atoms with E-state index in [2.05, 4.69) is 231 Å². The van der Waals surface area contributed by atoms with E-state index in [1.807, 2.05) is 6.20 Å². The molecule has 1 aliphatic rings. The van der Waals surface area contributed by atoms with Crippen molar-refractivity contribution in [2.45, 2.75) is 64.8 Å². The molecule has 0 saturated heterocycles. The lowest BCUT2D eigenvalue weighted by Gasteiger charge is -2.34. The lowest BCUT2D eigenvalue weighted by Crippen LogP contribution is -2.34. The lowest BCUT2D eigenvalue weighted by molar-refractivity contribution is -0.691. The zero-order valence-corrected chi connectivity index (χ0v) is 36.3. The highest BCUT2D eigenvalue weighted by Gasteiger charge is 2.46. The Bertz CT molecular complexity index is 3290. The Morgan fingerprint density at radius 3 is 1.84 bits per heavy atom. The number of nitrogens with zero attached hydrogens (tertiary/aromatic N) is 4. The van der Waals surface area contributed by atoms with Crippen molar-refractivity contribution in [1.29, 1.82) is 0 Å². The van der Waals surface area contributed by atoms with Crippen LogP contribution in [0, 0.1) is 0 Å². The molecule has 302 valence electrons.